The fourth-order valence-corrected chi connectivity index (χ4v) is 2.19. The standard InChI is InChI=1S/C14H16F3N5O/c1-4-21(11-5-6-18-19-7-11)13(23)12-8-20-22(9(12)2)10(3)14(15,16)17/h5-8,10H,4H2,1-3H3. The van der Waals surface area contributed by atoms with E-state index in [4.69, 9.17) is 0 Å². The largest absolute Gasteiger partial charge is 0.410 e. The van der Waals surface area contributed by atoms with Crippen molar-refractivity contribution in [3.63, 3.8) is 0 Å². The Balaban J connectivity index is 2.35. The van der Waals surface area contributed by atoms with Crippen LogP contribution in [0.15, 0.2) is 24.7 Å². The molecule has 0 saturated heterocycles. The van der Waals surface area contributed by atoms with Gasteiger partial charge < -0.3 is 4.90 Å². The van der Waals surface area contributed by atoms with Gasteiger partial charge >= 0.3 is 6.18 Å². The van der Waals surface area contributed by atoms with Crippen LogP contribution in [0, 0.1) is 6.92 Å². The smallest absolute Gasteiger partial charge is 0.307 e. The van der Waals surface area contributed by atoms with Crippen molar-refractivity contribution in [1.29, 1.82) is 0 Å². The van der Waals surface area contributed by atoms with Crippen LogP contribution in [0.4, 0.5) is 18.9 Å². The molecule has 124 valence electrons. The molecule has 1 atom stereocenters. The summed E-state index contributed by atoms with van der Waals surface area (Å²) in [7, 11) is 0. The molecule has 6 nitrogen and oxygen atoms in total. The zero-order chi connectivity index (χ0) is 17.2. The van der Waals surface area contributed by atoms with E-state index in [1.807, 2.05) is 0 Å². The van der Waals surface area contributed by atoms with Crippen LogP contribution in [0.5, 0.6) is 0 Å². The Morgan fingerprint density at radius 3 is 2.57 bits per heavy atom. The van der Waals surface area contributed by atoms with E-state index in [1.165, 1.54) is 24.2 Å². The minimum atomic E-state index is -4.43. The summed E-state index contributed by atoms with van der Waals surface area (Å²) in [5.74, 6) is -0.432. The lowest BCUT2D eigenvalue weighted by Gasteiger charge is -2.21. The number of hydrogen-bond acceptors (Lipinski definition) is 4. The van der Waals surface area contributed by atoms with Gasteiger partial charge in [-0.05, 0) is 26.8 Å². The van der Waals surface area contributed by atoms with Crippen LogP contribution in [0.2, 0.25) is 0 Å². The van der Waals surface area contributed by atoms with Crippen LogP contribution in [0.1, 0.15) is 35.9 Å². The number of hydrogen-bond donors (Lipinski definition) is 0. The fourth-order valence-electron chi connectivity index (χ4n) is 2.19. The van der Waals surface area contributed by atoms with Crippen LogP contribution in [0.25, 0.3) is 0 Å². The maximum absolute atomic E-state index is 12.8. The van der Waals surface area contributed by atoms with Crippen LogP contribution in [-0.2, 0) is 0 Å². The van der Waals surface area contributed by atoms with E-state index in [0.29, 0.717) is 12.2 Å². The maximum atomic E-state index is 12.8. The second-order valence-electron chi connectivity index (χ2n) is 4.96. The van der Waals surface area contributed by atoms with Crippen molar-refractivity contribution in [3.8, 4) is 0 Å². The van der Waals surface area contributed by atoms with Gasteiger partial charge in [0, 0.05) is 12.2 Å². The van der Waals surface area contributed by atoms with Crippen LogP contribution in [-0.4, -0.2) is 38.6 Å². The van der Waals surface area contributed by atoms with Crippen molar-refractivity contribution >= 4 is 11.6 Å². The van der Waals surface area contributed by atoms with E-state index in [1.54, 1.807) is 13.0 Å². The highest BCUT2D eigenvalue weighted by atomic mass is 19.4. The van der Waals surface area contributed by atoms with Crippen molar-refractivity contribution in [2.75, 3.05) is 11.4 Å². The summed E-state index contributed by atoms with van der Waals surface area (Å²) in [5.41, 5.74) is 0.809. The molecule has 0 aliphatic heterocycles. The molecule has 0 aliphatic rings. The number of rotatable bonds is 4. The Hall–Kier alpha value is -2.45. The first-order valence-electron chi connectivity index (χ1n) is 6.96. The van der Waals surface area contributed by atoms with Crippen molar-refractivity contribution in [3.05, 3.63) is 35.9 Å². The second kappa shape index (κ2) is 6.35. The number of nitrogens with zero attached hydrogens (tertiary/aromatic N) is 5. The molecule has 0 N–H and O–H groups in total. The third-order valence-corrected chi connectivity index (χ3v) is 3.56. The zero-order valence-electron chi connectivity index (χ0n) is 12.9. The van der Waals surface area contributed by atoms with Crippen molar-refractivity contribution in [2.24, 2.45) is 0 Å². The Kier molecular flexibility index (Phi) is 4.67. The van der Waals surface area contributed by atoms with Gasteiger partial charge in [0.05, 0.1) is 29.8 Å². The van der Waals surface area contributed by atoms with E-state index in [2.05, 4.69) is 15.3 Å². The molecular formula is C14H16F3N5O. The second-order valence-corrected chi connectivity index (χ2v) is 4.96. The first-order valence-corrected chi connectivity index (χ1v) is 6.96. The lowest BCUT2D eigenvalue weighted by atomic mass is 10.2. The van der Waals surface area contributed by atoms with E-state index < -0.39 is 18.1 Å². The molecule has 1 unspecified atom stereocenters. The molecule has 0 bridgehead atoms. The Morgan fingerprint density at radius 2 is 2.04 bits per heavy atom. The van der Waals surface area contributed by atoms with Crippen molar-refractivity contribution in [2.45, 2.75) is 33.0 Å². The SMILES string of the molecule is CCN(C(=O)c1cnn(C(C)C(F)(F)F)c1C)c1ccnnc1. The third-order valence-electron chi connectivity index (χ3n) is 3.56. The molecule has 2 aromatic rings. The van der Waals surface area contributed by atoms with Gasteiger partial charge in [0.2, 0.25) is 0 Å². The molecule has 1 amide bonds. The normalized spacial score (nSPS) is 13.0. The molecular weight excluding hydrogens is 311 g/mol. The van der Waals surface area contributed by atoms with Gasteiger partial charge in [-0.1, -0.05) is 0 Å². The highest BCUT2D eigenvalue weighted by Crippen LogP contribution is 2.31. The van der Waals surface area contributed by atoms with Gasteiger partial charge in [-0.25, -0.2) is 0 Å². The molecule has 0 aromatic carbocycles. The maximum Gasteiger partial charge on any atom is 0.410 e. The Bertz CT molecular complexity index is 683. The number of aromatic nitrogens is 4. The summed E-state index contributed by atoms with van der Waals surface area (Å²) in [6.07, 6.45) is -0.416. The van der Waals surface area contributed by atoms with Gasteiger partial charge in [-0.2, -0.15) is 28.5 Å². The summed E-state index contributed by atoms with van der Waals surface area (Å²) in [4.78, 5) is 14.0. The number of halogens is 3. The van der Waals surface area contributed by atoms with Crippen LogP contribution >= 0.6 is 0 Å². The Labute approximate surface area is 130 Å². The molecule has 9 heteroatoms. The quantitative estimate of drug-likeness (QED) is 0.866. The van der Waals surface area contributed by atoms with Crippen molar-refractivity contribution in [1.82, 2.24) is 20.0 Å². The average Bonchev–Trinajstić information content (AvgIpc) is 2.88. The van der Waals surface area contributed by atoms with Crippen LogP contribution in [0.3, 0.4) is 0 Å². The monoisotopic (exact) mass is 327 g/mol. The molecule has 0 saturated carbocycles. The highest BCUT2D eigenvalue weighted by Gasteiger charge is 2.39. The van der Waals surface area contributed by atoms with Crippen LogP contribution < -0.4 is 4.90 Å². The molecule has 0 fully saturated rings. The number of amides is 1. The molecule has 2 aromatic heterocycles. The predicted octanol–water partition coefficient (Wildman–Crippen LogP) is 2.77. The summed E-state index contributed by atoms with van der Waals surface area (Å²) in [5, 5.41) is 11.1. The van der Waals surface area contributed by atoms with E-state index in [-0.39, 0.29) is 11.3 Å². The molecule has 0 radical (unpaired) electrons. The fraction of sp³-hybridized carbons (Fsp3) is 0.429. The highest BCUT2D eigenvalue weighted by molar-refractivity contribution is 6.06. The zero-order valence-corrected chi connectivity index (χ0v) is 12.9. The van der Waals surface area contributed by atoms with Gasteiger partial charge in [0.15, 0.2) is 0 Å². The van der Waals surface area contributed by atoms with E-state index in [0.717, 1.165) is 17.8 Å². The lowest BCUT2D eigenvalue weighted by Crippen LogP contribution is -2.31. The van der Waals surface area contributed by atoms with Gasteiger partial charge in [-0.3, -0.25) is 9.48 Å². The molecule has 0 aliphatic carbocycles. The van der Waals surface area contributed by atoms with Crippen molar-refractivity contribution < 1.29 is 18.0 Å². The Morgan fingerprint density at radius 1 is 1.35 bits per heavy atom. The summed E-state index contributed by atoms with van der Waals surface area (Å²) in [6, 6.07) is -0.200. The topological polar surface area (TPSA) is 63.9 Å². The lowest BCUT2D eigenvalue weighted by molar-refractivity contribution is -0.165. The average molecular weight is 327 g/mol. The van der Waals surface area contributed by atoms with Gasteiger partial charge in [0.25, 0.3) is 5.91 Å². The summed E-state index contributed by atoms with van der Waals surface area (Å²) >= 11 is 0. The summed E-state index contributed by atoms with van der Waals surface area (Å²) in [6.45, 7) is 4.54. The minimum Gasteiger partial charge on any atom is -0.307 e. The summed E-state index contributed by atoms with van der Waals surface area (Å²) < 4.78 is 39.3. The van der Waals surface area contributed by atoms with E-state index in [9.17, 15) is 18.0 Å². The molecule has 2 rings (SSSR count). The molecule has 0 spiro atoms. The first kappa shape index (κ1) is 16.9. The van der Waals surface area contributed by atoms with E-state index >= 15 is 0 Å². The van der Waals surface area contributed by atoms with Gasteiger partial charge in [0.1, 0.15) is 6.04 Å². The number of alkyl halides is 3. The number of carbonyl (C=O) groups excluding carboxylic acids is 1. The minimum absolute atomic E-state index is 0.125. The number of anilines is 1. The number of carbonyl (C=O) groups is 1. The predicted molar refractivity (Wildman–Crippen MR) is 77.1 cm³/mol. The third kappa shape index (κ3) is 3.33. The van der Waals surface area contributed by atoms with Gasteiger partial charge in [-0.15, -0.1) is 0 Å². The molecule has 2 heterocycles. The molecule has 23 heavy (non-hydrogen) atoms. The first-order chi connectivity index (χ1) is 10.8.